The first-order chi connectivity index (χ1) is 11.5. The van der Waals surface area contributed by atoms with Gasteiger partial charge in [0.25, 0.3) is 0 Å². The number of carbonyl (C=O) groups excluding carboxylic acids is 2. The van der Waals surface area contributed by atoms with E-state index in [4.69, 9.17) is 11.6 Å². The second-order valence-corrected chi connectivity index (χ2v) is 6.19. The third-order valence-corrected chi connectivity index (χ3v) is 4.27. The van der Waals surface area contributed by atoms with Crippen LogP contribution in [-0.2, 0) is 16.0 Å². The molecule has 0 saturated heterocycles. The first-order valence-electron chi connectivity index (χ1n) is 7.66. The van der Waals surface area contributed by atoms with Crippen LogP contribution in [0.4, 0.5) is 15.8 Å². The van der Waals surface area contributed by atoms with Gasteiger partial charge in [-0.2, -0.15) is 0 Å². The Bertz CT molecular complexity index is 794. The van der Waals surface area contributed by atoms with Crippen molar-refractivity contribution in [2.24, 2.45) is 5.92 Å². The molecule has 0 fully saturated rings. The number of fused-ring (bicyclic) bond motifs is 1. The van der Waals surface area contributed by atoms with Gasteiger partial charge in [-0.3, -0.25) is 9.59 Å². The molecular formula is C18H16ClFN2O2. The Morgan fingerprint density at radius 2 is 2.08 bits per heavy atom. The monoisotopic (exact) mass is 346 g/mol. The Labute approximate surface area is 144 Å². The van der Waals surface area contributed by atoms with E-state index in [0.717, 1.165) is 17.3 Å². The zero-order chi connectivity index (χ0) is 17.1. The second-order valence-electron chi connectivity index (χ2n) is 5.76. The molecular weight excluding hydrogens is 331 g/mol. The minimum absolute atomic E-state index is 0.0841. The highest BCUT2D eigenvalue weighted by Crippen LogP contribution is 2.27. The number of nitrogens with one attached hydrogen (secondary N) is 2. The summed E-state index contributed by atoms with van der Waals surface area (Å²) in [6, 6.07) is 11.7. The summed E-state index contributed by atoms with van der Waals surface area (Å²) in [6.45, 7) is 0. The fraction of sp³-hybridized carbons (Fsp3) is 0.222. The molecule has 1 atom stereocenters. The molecule has 1 heterocycles. The van der Waals surface area contributed by atoms with Crippen LogP contribution in [0.25, 0.3) is 0 Å². The Balaban J connectivity index is 1.57. The average molecular weight is 347 g/mol. The van der Waals surface area contributed by atoms with Crippen LogP contribution in [0.1, 0.15) is 18.4 Å². The molecule has 1 aliphatic rings. The van der Waals surface area contributed by atoms with E-state index in [1.807, 2.05) is 24.3 Å². The van der Waals surface area contributed by atoms with Crippen molar-refractivity contribution in [2.75, 3.05) is 10.6 Å². The summed E-state index contributed by atoms with van der Waals surface area (Å²) in [5.74, 6) is -1.26. The van der Waals surface area contributed by atoms with E-state index in [0.29, 0.717) is 12.8 Å². The van der Waals surface area contributed by atoms with Gasteiger partial charge in [-0.25, -0.2) is 4.39 Å². The molecule has 1 unspecified atom stereocenters. The largest absolute Gasteiger partial charge is 0.326 e. The standard InChI is InChI=1S/C18H16ClFN2O2/c19-13-6-7-16(14(20)10-13)21-17(23)8-5-12-9-11-3-1-2-4-15(11)22-18(12)24/h1-4,6-7,10,12H,5,8-9H2,(H,21,23)(H,22,24). The number of hydrogen-bond acceptors (Lipinski definition) is 2. The van der Waals surface area contributed by atoms with E-state index < -0.39 is 5.82 Å². The molecule has 0 spiro atoms. The topological polar surface area (TPSA) is 58.2 Å². The molecule has 3 rings (SSSR count). The molecule has 2 aromatic rings. The van der Waals surface area contributed by atoms with Crippen LogP contribution in [0.5, 0.6) is 0 Å². The van der Waals surface area contributed by atoms with Crippen LogP contribution in [0.15, 0.2) is 42.5 Å². The number of benzene rings is 2. The lowest BCUT2D eigenvalue weighted by atomic mass is 9.89. The molecule has 0 aromatic heterocycles. The van der Waals surface area contributed by atoms with Crippen molar-refractivity contribution in [3.8, 4) is 0 Å². The highest BCUT2D eigenvalue weighted by molar-refractivity contribution is 6.30. The molecule has 6 heteroatoms. The molecule has 124 valence electrons. The van der Waals surface area contributed by atoms with Crippen molar-refractivity contribution >= 4 is 34.8 Å². The smallest absolute Gasteiger partial charge is 0.227 e. The minimum atomic E-state index is -0.583. The maximum atomic E-state index is 13.7. The Kier molecular flexibility index (Phi) is 4.81. The van der Waals surface area contributed by atoms with Crippen molar-refractivity contribution in [1.82, 2.24) is 0 Å². The average Bonchev–Trinajstić information content (AvgIpc) is 2.55. The van der Waals surface area contributed by atoms with Gasteiger partial charge in [0.15, 0.2) is 0 Å². The van der Waals surface area contributed by atoms with Gasteiger partial charge < -0.3 is 10.6 Å². The van der Waals surface area contributed by atoms with E-state index in [-0.39, 0.29) is 34.9 Å². The molecule has 24 heavy (non-hydrogen) atoms. The minimum Gasteiger partial charge on any atom is -0.326 e. The van der Waals surface area contributed by atoms with Gasteiger partial charge in [-0.15, -0.1) is 0 Å². The number of carbonyl (C=O) groups is 2. The van der Waals surface area contributed by atoms with Crippen molar-refractivity contribution in [1.29, 1.82) is 0 Å². The van der Waals surface area contributed by atoms with Crippen LogP contribution in [0, 0.1) is 11.7 Å². The Morgan fingerprint density at radius 3 is 2.88 bits per heavy atom. The molecule has 1 aliphatic heterocycles. The number of rotatable bonds is 4. The van der Waals surface area contributed by atoms with E-state index in [2.05, 4.69) is 10.6 Å². The van der Waals surface area contributed by atoms with Crippen LogP contribution in [0.2, 0.25) is 5.02 Å². The van der Waals surface area contributed by atoms with Gasteiger partial charge >= 0.3 is 0 Å². The van der Waals surface area contributed by atoms with Gasteiger partial charge in [0, 0.05) is 23.0 Å². The Morgan fingerprint density at radius 1 is 1.29 bits per heavy atom. The van der Waals surface area contributed by atoms with Gasteiger partial charge in [-0.05, 0) is 42.7 Å². The summed E-state index contributed by atoms with van der Waals surface area (Å²) >= 11 is 5.68. The number of hydrogen-bond donors (Lipinski definition) is 2. The normalized spacial score (nSPS) is 16.2. The summed E-state index contributed by atoms with van der Waals surface area (Å²) in [5, 5.41) is 5.63. The summed E-state index contributed by atoms with van der Waals surface area (Å²) < 4.78 is 13.7. The van der Waals surface area contributed by atoms with E-state index >= 15 is 0 Å². The first kappa shape index (κ1) is 16.5. The lowest BCUT2D eigenvalue weighted by Crippen LogP contribution is -2.30. The predicted octanol–water partition coefficient (Wildman–Crippen LogP) is 4.01. The summed E-state index contributed by atoms with van der Waals surface area (Å²) in [7, 11) is 0. The van der Waals surface area contributed by atoms with Crippen LogP contribution < -0.4 is 10.6 Å². The maximum Gasteiger partial charge on any atom is 0.227 e. The molecule has 0 radical (unpaired) electrons. The summed E-state index contributed by atoms with van der Waals surface area (Å²) in [5.41, 5.74) is 1.97. The zero-order valence-electron chi connectivity index (χ0n) is 12.8. The van der Waals surface area contributed by atoms with Crippen molar-refractivity contribution in [2.45, 2.75) is 19.3 Å². The third-order valence-electron chi connectivity index (χ3n) is 4.04. The second kappa shape index (κ2) is 7.01. The molecule has 2 amide bonds. The molecule has 2 N–H and O–H groups in total. The van der Waals surface area contributed by atoms with Crippen LogP contribution in [0.3, 0.4) is 0 Å². The zero-order valence-corrected chi connectivity index (χ0v) is 13.6. The van der Waals surface area contributed by atoms with Crippen LogP contribution in [-0.4, -0.2) is 11.8 Å². The van der Waals surface area contributed by atoms with Gasteiger partial charge in [-0.1, -0.05) is 29.8 Å². The van der Waals surface area contributed by atoms with Crippen molar-refractivity contribution in [3.63, 3.8) is 0 Å². The van der Waals surface area contributed by atoms with E-state index in [9.17, 15) is 14.0 Å². The fourth-order valence-electron chi connectivity index (χ4n) is 2.76. The Hall–Kier alpha value is -2.40. The van der Waals surface area contributed by atoms with E-state index in [1.54, 1.807) is 0 Å². The first-order valence-corrected chi connectivity index (χ1v) is 8.04. The number of amides is 2. The number of halogens is 2. The highest BCUT2D eigenvalue weighted by Gasteiger charge is 2.26. The molecule has 0 bridgehead atoms. The fourth-order valence-corrected chi connectivity index (χ4v) is 2.91. The van der Waals surface area contributed by atoms with Gasteiger partial charge in [0.1, 0.15) is 5.82 Å². The SMILES string of the molecule is O=C(CCC1Cc2ccccc2NC1=O)Nc1ccc(Cl)cc1F. The van der Waals surface area contributed by atoms with Crippen molar-refractivity contribution < 1.29 is 14.0 Å². The highest BCUT2D eigenvalue weighted by atomic mass is 35.5. The third kappa shape index (κ3) is 3.74. The number of para-hydroxylation sites is 1. The lowest BCUT2D eigenvalue weighted by Gasteiger charge is -2.24. The van der Waals surface area contributed by atoms with Gasteiger partial charge in [0.2, 0.25) is 11.8 Å². The van der Waals surface area contributed by atoms with Crippen molar-refractivity contribution in [3.05, 3.63) is 58.9 Å². The molecule has 2 aromatic carbocycles. The lowest BCUT2D eigenvalue weighted by molar-refractivity contribution is -0.121. The quantitative estimate of drug-likeness (QED) is 0.878. The molecule has 0 saturated carbocycles. The van der Waals surface area contributed by atoms with Crippen LogP contribution >= 0.6 is 11.6 Å². The maximum absolute atomic E-state index is 13.7. The summed E-state index contributed by atoms with van der Waals surface area (Å²) in [4.78, 5) is 24.1. The van der Waals surface area contributed by atoms with Gasteiger partial charge in [0.05, 0.1) is 5.69 Å². The summed E-state index contributed by atoms with van der Waals surface area (Å²) in [6.07, 6.45) is 1.15. The number of anilines is 2. The predicted molar refractivity (Wildman–Crippen MR) is 91.5 cm³/mol. The molecule has 0 aliphatic carbocycles. The van der Waals surface area contributed by atoms with E-state index in [1.165, 1.54) is 12.1 Å². The molecule has 4 nitrogen and oxygen atoms in total.